The van der Waals surface area contributed by atoms with Crippen molar-refractivity contribution in [2.45, 2.75) is 19.9 Å². The monoisotopic (exact) mass is 429 g/mol. The fraction of sp³-hybridized carbons (Fsp3) is 0.263. The van der Waals surface area contributed by atoms with Gasteiger partial charge in [-0.2, -0.15) is 0 Å². The van der Waals surface area contributed by atoms with E-state index in [4.69, 9.17) is 14.3 Å². The van der Waals surface area contributed by atoms with Crippen LogP contribution in [0.3, 0.4) is 0 Å². The molecule has 0 radical (unpaired) electrons. The van der Waals surface area contributed by atoms with E-state index in [1.54, 1.807) is 0 Å². The minimum atomic E-state index is -0.415. The van der Waals surface area contributed by atoms with E-state index in [-0.39, 0.29) is 31.3 Å². The molecule has 0 spiro atoms. The van der Waals surface area contributed by atoms with Gasteiger partial charge in [-0.25, -0.2) is 4.98 Å². The molecule has 1 fully saturated rings. The zero-order valence-corrected chi connectivity index (χ0v) is 16.8. The largest absolute Gasteiger partial charge is 0.483 e. The van der Waals surface area contributed by atoms with Gasteiger partial charge >= 0.3 is 0 Å². The lowest BCUT2D eigenvalue weighted by molar-refractivity contribution is -0.126. The third-order valence-corrected chi connectivity index (χ3v) is 5.12. The standard InChI is InChI=1S/C18H17N5O3S.CH2O2/c1-11-21-22-18(27-11)23-9-13(7-15(23)24)16(25)19-8-14-10-26-17(20-14)12-5-3-2-4-6-12;2-1-3/h2-6,10,13H,7-9H2,1H3,(H,19,25);1H,(H,2,3). The molecule has 2 amide bonds. The number of hydrogen-bond donors (Lipinski definition) is 2. The Hall–Kier alpha value is -3.60. The van der Waals surface area contributed by atoms with Crippen LogP contribution in [-0.2, 0) is 20.9 Å². The predicted molar refractivity (Wildman–Crippen MR) is 108 cm³/mol. The molecular weight excluding hydrogens is 410 g/mol. The third-order valence-electron chi connectivity index (χ3n) is 4.26. The van der Waals surface area contributed by atoms with Crippen LogP contribution in [0.2, 0.25) is 0 Å². The average molecular weight is 429 g/mol. The molecule has 4 rings (SSSR count). The van der Waals surface area contributed by atoms with E-state index >= 15 is 0 Å². The van der Waals surface area contributed by atoms with E-state index in [1.165, 1.54) is 22.5 Å². The highest BCUT2D eigenvalue weighted by Gasteiger charge is 2.36. The van der Waals surface area contributed by atoms with Crippen LogP contribution in [0.15, 0.2) is 41.0 Å². The van der Waals surface area contributed by atoms with E-state index < -0.39 is 5.92 Å². The molecule has 1 saturated heterocycles. The highest BCUT2D eigenvalue weighted by Crippen LogP contribution is 2.27. The number of carbonyl (C=O) groups is 3. The van der Waals surface area contributed by atoms with Gasteiger partial charge < -0.3 is 14.8 Å². The molecule has 1 aromatic carbocycles. The minimum Gasteiger partial charge on any atom is -0.483 e. The number of aromatic nitrogens is 3. The maximum absolute atomic E-state index is 12.4. The van der Waals surface area contributed by atoms with Gasteiger partial charge in [-0.15, -0.1) is 10.2 Å². The van der Waals surface area contributed by atoms with Crippen molar-refractivity contribution in [3.05, 3.63) is 47.3 Å². The Labute approximate surface area is 175 Å². The summed E-state index contributed by atoms with van der Waals surface area (Å²) in [7, 11) is 0. The summed E-state index contributed by atoms with van der Waals surface area (Å²) in [4.78, 5) is 38.9. The van der Waals surface area contributed by atoms with Gasteiger partial charge in [0.25, 0.3) is 6.47 Å². The van der Waals surface area contributed by atoms with Gasteiger partial charge in [0.15, 0.2) is 0 Å². The fourth-order valence-electron chi connectivity index (χ4n) is 2.89. The maximum Gasteiger partial charge on any atom is 0.290 e. The lowest BCUT2D eigenvalue weighted by Crippen LogP contribution is -2.32. The molecular formula is C19H19N5O5S. The zero-order chi connectivity index (χ0) is 21.5. The molecule has 2 aromatic heterocycles. The van der Waals surface area contributed by atoms with Gasteiger partial charge in [0, 0.05) is 18.5 Å². The number of amides is 2. The fourth-order valence-corrected chi connectivity index (χ4v) is 3.60. The molecule has 3 heterocycles. The Morgan fingerprint density at radius 1 is 1.37 bits per heavy atom. The van der Waals surface area contributed by atoms with E-state index in [0.717, 1.165) is 10.6 Å². The molecule has 2 N–H and O–H groups in total. The van der Waals surface area contributed by atoms with Gasteiger partial charge in [0.2, 0.25) is 22.8 Å². The summed E-state index contributed by atoms with van der Waals surface area (Å²) in [5, 5.41) is 19.0. The maximum atomic E-state index is 12.4. The molecule has 10 nitrogen and oxygen atoms in total. The van der Waals surface area contributed by atoms with Crippen LogP contribution in [0.5, 0.6) is 0 Å². The number of anilines is 1. The van der Waals surface area contributed by atoms with Crippen LogP contribution < -0.4 is 10.2 Å². The second kappa shape index (κ2) is 9.74. The molecule has 0 bridgehead atoms. The predicted octanol–water partition coefficient (Wildman–Crippen LogP) is 1.87. The molecule has 0 aliphatic carbocycles. The molecule has 3 aromatic rings. The van der Waals surface area contributed by atoms with E-state index in [2.05, 4.69) is 20.5 Å². The second-order valence-corrected chi connectivity index (χ2v) is 7.50. The number of benzene rings is 1. The normalized spacial score (nSPS) is 15.4. The third kappa shape index (κ3) is 5.06. The van der Waals surface area contributed by atoms with Crippen LogP contribution in [0, 0.1) is 12.8 Å². The number of rotatable bonds is 5. The number of hydrogen-bond acceptors (Lipinski definition) is 8. The Morgan fingerprint density at radius 3 is 2.77 bits per heavy atom. The number of nitrogens with zero attached hydrogens (tertiary/aromatic N) is 4. The van der Waals surface area contributed by atoms with Crippen molar-refractivity contribution in [1.29, 1.82) is 0 Å². The van der Waals surface area contributed by atoms with E-state index in [9.17, 15) is 9.59 Å². The summed E-state index contributed by atoms with van der Waals surface area (Å²) in [6.45, 7) is 2.14. The molecule has 156 valence electrons. The summed E-state index contributed by atoms with van der Waals surface area (Å²) >= 11 is 1.34. The summed E-state index contributed by atoms with van der Waals surface area (Å²) in [5.41, 5.74) is 1.50. The second-order valence-electron chi connectivity index (χ2n) is 6.34. The van der Waals surface area contributed by atoms with Gasteiger partial charge in [0.05, 0.1) is 18.2 Å². The number of oxazole rings is 1. The first-order valence-electron chi connectivity index (χ1n) is 8.97. The van der Waals surface area contributed by atoms with E-state index in [0.29, 0.717) is 23.3 Å². The molecule has 1 aliphatic heterocycles. The first-order valence-corrected chi connectivity index (χ1v) is 9.79. The van der Waals surface area contributed by atoms with Crippen molar-refractivity contribution >= 4 is 34.8 Å². The highest BCUT2D eigenvalue weighted by molar-refractivity contribution is 7.15. The van der Waals surface area contributed by atoms with Gasteiger partial charge in [-0.05, 0) is 19.1 Å². The first-order chi connectivity index (χ1) is 14.5. The van der Waals surface area contributed by atoms with Crippen molar-refractivity contribution < 1.29 is 23.9 Å². The van der Waals surface area contributed by atoms with Gasteiger partial charge in [-0.3, -0.25) is 19.3 Å². The Morgan fingerprint density at radius 2 is 2.10 bits per heavy atom. The Balaban J connectivity index is 0.000000806. The number of carboxylic acid groups (broad SMARTS) is 1. The van der Waals surface area contributed by atoms with Crippen molar-refractivity contribution in [1.82, 2.24) is 20.5 Å². The van der Waals surface area contributed by atoms with Crippen LogP contribution in [0.1, 0.15) is 17.1 Å². The zero-order valence-electron chi connectivity index (χ0n) is 16.0. The van der Waals surface area contributed by atoms with Gasteiger partial charge in [0.1, 0.15) is 11.3 Å². The van der Waals surface area contributed by atoms with Crippen molar-refractivity contribution in [2.24, 2.45) is 5.92 Å². The highest BCUT2D eigenvalue weighted by atomic mass is 32.1. The molecule has 0 saturated carbocycles. The van der Waals surface area contributed by atoms with Crippen LogP contribution in [-0.4, -0.2) is 45.1 Å². The molecule has 11 heteroatoms. The topological polar surface area (TPSA) is 139 Å². The molecule has 1 unspecified atom stereocenters. The number of nitrogens with one attached hydrogen (secondary N) is 1. The quantitative estimate of drug-likeness (QED) is 0.586. The first kappa shape index (κ1) is 21.1. The van der Waals surface area contributed by atoms with Crippen molar-refractivity contribution in [2.75, 3.05) is 11.4 Å². The van der Waals surface area contributed by atoms with Crippen LogP contribution >= 0.6 is 11.3 Å². The lowest BCUT2D eigenvalue weighted by Gasteiger charge is -2.12. The smallest absolute Gasteiger partial charge is 0.290 e. The summed E-state index contributed by atoms with van der Waals surface area (Å²) in [5.74, 6) is -0.202. The number of carbonyl (C=O) groups excluding carboxylic acids is 2. The van der Waals surface area contributed by atoms with Crippen molar-refractivity contribution in [3.63, 3.8) is 0 Å². The molecule has 30 heavy (non-hydrogen) atoms. The average Bonchev–Trinajstić information content (AvgIpc) is 3.47. The van der Waals surface area contributed by atoms with Crippen molar-refractivity contribution in [3.8, 4) is 11.5 Å². The summed E-state index contributed by atoms with van der Waals surface area (Å²) in [6.07, 6.45) is 1.69. The molecule has 1 atom stereocenters. The van der Waals surface area contributed by atoms with Gasteiger partial charge in [-0.1, -0.05) is 29.5 Å². The number of aryl methyl sites for hydroxylation is 1. The Bertz CT molecular complexity index is 1020. The molecule has 1 aliphatic rings. The van der Waals surface area contributed by atoms with Crippen LogP contribution in [0.4, 0.5) is 5.13 Å². The Kier molecular flexibility index (Phi) is 6.86. The summed E-state index contributed by atoms with van der Waals surface area (Å²) < 4.78 is 5.46. The lowest BCUT2D eigenvalue weighted by atomic mass is 10.1. The van der Waals surface area contributed by atoms with E-state index in [1.807, 2.05) is 37.3 Å². The van der Waals surface area contributed by atoms with Crippen LogP contribution in [0.25, 0.3) is 11.5 Å². The SMILES string of the molecule is Cc1nnc(N2CC(C(=O)NCc3coc(-c4ccccc4)n3)CC2=O)s1.O=CO. The summed E-state index contributed by atoms with van der Waals surface area (Å²) in [6, 6.07) is 9.54. The minimum absolute atomic E-state index is 0.112.